The van der Waals surface area contributed by atoms with Crippen molar-refractivity contribution in [2.24, 2.45) is 11.7 Å². The van der Waals surface area contributed by atoms with Gasteiger partial charge in [-0.2, -0.15) is 0 Å². The van der Waals surface area contributed by atoms with Crippen LogP contribution < -0.4 is 5.73 Å². The Morgan fingerprint density at radius 2 is 2.06 bits per heavy atom. The Morgan fingerprint density at radius 1 is 1.25 bits per heavy atom. The molecule has 2 heteroatoms. The van der Waals surface area contributed by atoms with Gasteiger partial charge in [-0.1, -0.05) is 30.3 Å². The summed E-state index contributed by atoms with van der Waals surface area (Å²) in [5, 5.41) is 0. The van der Waals surface area contributed by atoms with Crippen LogP contribution in [0, 0.1) is 5.92 Å². The molecule has 88 valence electrons. The molecule has 1 unspecified atom stereocenters. The van der Waals surface area contributed by atoms with Gasteiger partial charge in [-0.3, -0.25) is 4.90 Å². The molecule has 1 aromatic carbocycles. The topological polar surface area (TPSA) is 29.3 Å². The molecule has 2 N–H and O–H groups in total. The SMILES string of the molecule is NCCCC1CCN(Cc2ccccc2)C1. The van der Waals surface area contributed by atoms with E-state index in [1.54, 1.807) is 0 Å². The van der Waals surface area contributed by atoms with Crippen molar-refractivity contribution in [3.8, 4) is 0 Å². The quantitative estimate of drug-likeness (QED) is 0.821. The molecule has 1 aliphatic heterocycles. The zero-order chi connectivity index (χ0) is 11.2. The predicted molar refractivity (Wildman–Crippen MR) is 68.1 cm³/mol. The number of hydrogen-bond acceptors (Lipinski definition) is 2. The Kier molecular flexibility index (Phi) is 4.37. The van der Waals surface area contributed by atoms with Gasteiger partial charge in [0.1, 0.15) is 0 Å². The zero-order valence-corrected chi connectivity index (χ0v) is 9.94. The van der Waals surface area contributed by atoms with Crippen LogP contribution in [-0.4, -0.2) is 24.5 Å². The predicted octanol–water partition coefficient (Wildman–Crippen LogP) is 2.25. The first-order valence-electron chi connectivity index (χ1n) is 6.35. The second kappa shape index (κ2) is 6.02. The first-order chi connectivity index (χ1) is 7.88. The number of rotatable bonds is 5. The summed E-state index contributed by atoms with van der Waals surface area (Å²) in [6.45, 7) is 4.47. The van der Waals surface area contributed by atoms with E-state index in [2.05, 4.69) is 35.2 Å². The average molecular weight is 218 g/mol. The third-order valence-corrected chi connectivity index (χ3v) is 3.44. The maximum absolute atomic E-state index is 5.55. The fourth-order valence-electron chi connectivity index (χ4n) is 2.54. The molecule has 1 saturated heterocycles. The van der Waals surface area contributed by atoms with E-state index in [0.29, 0.717) is 0 Å². The molecule has 0 saturated carbocycles. The summed E-state index contributed by atoms with van der Waals surface area (Å²) in [7, 11) is 0. The van der Waals surface area contributed by atoms with Crippen molar-refractivity contribution >= 4 is 0 Å². The molecule has 16 heavy (non-hydrogen) atoms. The summed E-state index contributed by atoms with van der Waals surface area (Å²) < 4.78 is 0. The van der Waals surface area contributed by atoms with Crippen molar-refractivity contribution in [1.82, 2.24) is 4.90 Å². The van der Waals surface area contributed by atoms with Gasteiger partial charge >= 0.3 is 0 Å². The summed E-state index contributed by atoms with van der Waals surface area (Å²) in [5.74, 6) is 0.882. The number of nitrogens with zero attached hydrogens (tertiary/aromatic N) is 1. The third kappa shape index (κ3) is 3.32. The van der Waals surface area contributed by atoms with Crippen molar-refractivity contribution in [3.05, 3.63) is 35.9 Å². The highest BCUT2D eigenvalue weighted by Crippen LogP contribution is 2.22. The second-order valence-corrected chi connectivity index (χ2v) is 4.81. The largest absolute Gasteiger partial charge is 0.330 e. The molecule has 1 aromatic rings. The number of likely N-dealkylation sites (tertiary alicyclic amines) is 1. The van der Waals surface area contributed by atoms with Crippen molar-refractivity contribution in [2.45, 2.75) is 25.8 Å². The van der Waals surface area contributed by atoms with Crippen LogP contribution in [0.4, 0.5) is 0 Å². The lowest BCUT2D eigenvalue weighted by molar-refractivity contribution is 0.312. The minimum absolute atomic E-state index is 0.842. The third-order valence-electron chi connectivity index (χ3n) is 3.44. The normalized spacial score (nSPS) is 21.4. The molecule has 1 aliphatic rings. The van der Waals surface area contributed by atoms with Crippen LogP contribution in [0.3, 0.4) is 0 Å². The van der Waals surface area contributed by atoms with Gasteiger partial charge in [-0.05, 0) is 43.8 Å². The average Bonchev–Trinajstić information content (AvgIpc) is 2.75. The minimum atomic E-state index is 0.842. The van der Waals surface area contributed by atoms with E-state index in [1.165, 1.54) is 37.9 Å². The highest BCUT2D eigenvalue weighted by atomic mass is 15.1. The van der Waals surface area contributed by atoms with Gasteiger partial charge in [0, 0.05) is 13.1 Å². The molecule has 2 nitrogen and oxygen atoms in total. The molecule has 0 amide bonds. The smallest absolute Gasteiger partial charge is 0.0233 e. The monoisotopic (exact) mass is 218 g/mol. The minimum Gasteiger partial charge on any atom is -0.330 e. The molecule has 1 fully saturated rings. The van der Waals surface area contributed by atoms with Crippen molar-refractivity contribution in [2.75, 3.05) is 19.6 Å². The van der Waals surface area contributed by atoms with Gasteiger partial charge in [0.05, 0.1) is 0 Å². The molecule has 2 rings (SSSR count). The Balaban J connectivity index is 1.76. The second-order valence-electron chi connectivity index (χ2n) is 4.81. The molecular formula is C14H22N2. The lowest BCUT2D eigenvalue weighted by Crippen LogP contribution is -2.20. The van der Waals surface area contributed by atoms with E-state index in [-0.39, 0.29) is 0 Å². The summed E-state index contributed by atoms with van der Waals surface area (Å²) in [5.41, 5.74) is 6.98. The highest BCUT2D eigenvalue weighted by Gasteiger charge is 2.21. The molecule has 1 atom stereocenters. The molecule has 0 bridgehead atoms. The van der Waals surface area contributed by atoms with E-state index in [0.717, 1.165) is 19.0 Å². The Morgan fingerprint density at radius 3 is 2.81 bits per heavy atom. The van der Waals surface area contributed by atoms with Crippen LogP contribution in [0.2, 0.25) is 0 Å². The van der Waals surface area contributed by atoms with E-state index >= 15 is 0 Å². The Bertz CT molecular complexity index is 297. The van der Waals surface area contributed by atoms with Crippen LogP contribution in [-0.2, 0) is 6.54 Å². The van der Waals surface area contributed by atoms with E-state index in [4.69, 9.17) is 5.73 Å². The Labute approximate surface area is 98.4 Å². The Hall–Kier alpha value is -0.860. The van der Waals surface area contributed by atoms with Gasteiger partial charge in [0.2, 0.25) is 0 Å². The van der Waals surface area contributed by atoms with Gasteiger partial charge in [0.25, 0.3) is 0 Å². The van der Waals surface area contributed by atoms with Crippen LogP contribution in [0.1, 0.15) is 24.8 Å². The van der Waals surface area contributed by atoms with E-state index < -0.39 is 0 Å². The molecule has 0 aromatic heterocycles. The fourth-order valence-corrected chi connectivity index (χ4v) is 2.54. The first-order valence-corrected chi connectivity index (χ1v) is 6.35. The molecular weight excluding hydrogens is 196 g/mol. The van der Waals surface area contributed by atoms with Crippen LogP contribution >= 0.6 is 0 Å². The van der Waals surface area contributed by atoms with Gasteiger partial charge < -0.3 is 5.73 Å². The molecule has 0 aliphatic carbocycles. The number of nitrogens with two attached hydrogens (primary N) is 1. The van der Waals surface area contributed by atoms with Gasteiger partial charge in [0.15, 0.2) is 0 Å². The van der Waals surface area contributed by atoms with Crippen LogP contribution in [0.15, 0.2) is 30.3 Å². The van der Waals surface area contributed by atoms with Gasteiger partial charge in [-0.25, -0.2) is 0 Å². The standard InChI is InChI=1S/C14H22N2/c15-9-4-7-14-8-10-16(12-14)11-13-5-2-1-3-6-13/h1-3,5-6,14H,4,7-12,15H2. The van der Waals surface area contributed by atoms with Crippen LogP contribution in [0.5, 0.6) is 0 Å². The molecule has 0 radical (unpaired) electrons. The lowest BCUT2D eigenvalue weighted by Gasteiger charge is -2.15. The first kappa shape index (κ1) is 11.6. The number of hydrogen-bond donors (Lipinski definition) is 1. The maximum atomic E-state index is 5.55. The zero-order valence-electron chi connectivity index (χ0n) is 9.94. The summed E-state index contributed by atoms with van der Waals surface area (Å²) in [4.78, 5) is 2.57. The summed E-state index contributed by atoms with van der Waals surface area (Å²) >= 11 is 0. The van der Waals surface area contributed by atoms with Crippen molar-refractivity contribution in [3.63, 3.8) is 0 Å². The molecule has 1 heterocycles. The summed E-state index contributed by atoms with van der Waals surface area (Å²) in [6.07, 6.45) is 3.85. The highest BCUT2D eigenvalue weighted by molar-refractivity contribution is 5.14. The lowest BCUT2D eigenvalue weighted by atomic mass is 10.0. The fraction of sp³-hybridized carbons (Fsp3) is 0.571. The van der Waals surface area contributed by atoms with Crippen LogP contribution in [0.25, 0.3) is 0 Å². The van der Waals surface area contributed by atoms with Crippen molar-refractivity contribution in [1.29, 1.82) is 0 Å². The van der Waals surface area contributed by atoms with Crippen molar-refractivity contribution < 1.29 is 0 Å². The molecule has 0 spiro atoms. The number of benzene rings is 1. The summed E-state index contributed by atoms with van der Waals surface area (Å²) in [6, 6.07) is 10.8. The van der Waals surface area contributed by atoms with E-state index in [9.17, 15) is 0 Å². The van der Waals surface area contributed by atoms with E-state index in [1.807, 2.05) is 0 Å². The maximum Gasteiger partial charge on any atom is 0.0233 e. The van der Waals surface area contributed by atoms with Gasteiger partial charge in [-0.15, -0.1) is 0 Å².